The minimum atomic E-state index is -1.36. The SMILES string of the molecule is CCC(=O)C1C(=O)c2ccc(C(=O)c3ccc4c(c3)C(=O)C(C(=O)CC)C4=O)cc2C1=O.CCCc1cccc(Cl)c1.CCCc1cccc(Cl)c1. The molecule has 0 radical (unpaired) electrons. The Balaban J connectivity index is 0.000000245. The Morgan fingerprint density at radius 1 is 0.500 bits per heavy atom. The van der Waals surface area contributed by atoms with Crippen molar-refractivity contribution >= 4 is 63.7 Å². The molecule has 0 N–H and O–H groups in total. The number of ketones is 7. The molecular formula is C43H40Cl2O7. The van der Waals surface area contributed by atoms with Crippen molar-refractivity contribution in [2.24, 2.45) is 11.8 Å². The third kappa shape index (κ3) is 8.95. The van der Waals surface area contributed by atoms with E-state index in [2.05, 4.69) is 26.0 Å². The Morgan fingerprint density at radius 3 is 1.19 bits per heavy atom. The number of Topliss-reactive ketones (excluding diaryl/α,β-unsaturated/α-hetero) is 6. The number of carbonyl (C=O) groups excluding carboxylic acids is 7. The second kappa shape index (κ2) is 18.1. The number of hydrogen-bond donors (Lipinski definition) is 0. The van der Waals surface area contributed by atoms with Crippen LogP contribution in [0.1, 0.15) is 122 Å². The van der Waals surface area contributed by atoms with Gasteiger partial charge >= 0.3 is 0 Å². The molecule has 0 saturated heterocycles. The predicted molar refractivity (Wildman–Crippen MR) is 202 cm³/mol. The van der Waals surface area contributed by atoms with Gasteiger partial charge in [-0.3, -0.25) is 33.6 Å². The molecule has 268 valence electrons. The first kappa shape index (κ1) is 39.9. The molecule has 0 heterocycles. The lowest BCUT2D eigenvalue weighted by Crippen LogP contribution is -2.24. The number of benzene rings is 4. The molecule has 2 unspecified atom stereocenters. The zero-order valence-electron chi connectivity index (χ0n) is 29.6. The van der Waals surface area contributed by atoms with Gasteiger partial charge in [-0.2, -0.15) is 0 Å². The van der Waals surface area contributed by atoms with Crippen LogP contribution in [0.2, 0.25) is 10.0 Å². The molecule has 0 bridgehead atoms. The van der Waals surface area contributed by atoms with Crippen LogP contribution in [-0.2, 0) is 22.4 Å². The summed E-state index contributed by atoms with van der Waals surface area (Å²) in [6.07, 6.45) is 4.71. The monoisotopic (exact) mass is 738 g/mol. The summed E-state index contributed by atoms with van der Waals surface area (Å²) in [7, 11) is 0. The molecule has 0 spiro atoms. The first-order chi connectivity index (χ1) is 24.9. The first-order valence-corrected chi connectivity index (χ1v) is 18.2. The van der Waals surface area contributed by atoms with Crippen molar-refractivity contribution in [1.29, 1.82) is 0 Å². The van der Waals surface area contributed by atoms with Crippen LogP contribution in [-0.4, -0.2) is 40.5 Å². The predicted octanol–water partition coefficient (Wildman–Crippen LogP) is 9.45. The molecule has 0 aromatic heterocycles. The maximum Gasteiger partial charge on any atom is 0.193 e. The Kier molecular flexibility index (Phi) is 13.9. The number of hydrogen-bond acceptors (Lipinski definition) is 7. The molecule has 0 aliphatic heterocycles. The molecule has 7 nitrogen and oxygen atoms in total. The van der Waals surface area contributed by atoms with Gasteiger partial charge in [-0.15, -0.1) is 0 Å². The van der Waals surface area contributed by atoms with Crippen LogP contribution in [0.5, 0.6) is 0 Å². The second-order valence-electron chi connectivity index (χ2n) is 12.6. The van der Waals surface area contributed by atoms with Crippen LogP contribution < -0.4 is 0 Å². The van der Waals surface area contributed by atoms with E-state index in [0.29, 0.717) is 0 Å². The van der Waals surface area contributed by atoms with Gasteiger partial charge in [0.2, 0.25) is 0 Å². The highest BCUT2D eigenvalue weighted by Crippen LogP contribution is 2.32. The quantitative estimate of drug-likeness (QED) is 0.117. The van der Waals surface area contributed by atoms with E-state index in [1.807, 2.05) is 36.4 Å². The Labute approximate surface area is 313 Å². The van der Waals surface area contributed by atoms with Crippen molar-refractivity contribution < 1.29 is 33.6 Å². The largest absolute Gasteiger partial charge is 0.298 e. The van der Waals surface area contributed by atoms with Gasteiger partial charge in [0.05, 0.1) is 0 Å². The maximum absolute atomic E-state index is 13.0. The van der Waals surface area contributed by atoms with Gasteiger partial charge < -0.3 is 0 Å². The number of rotatable bonds is 10. The minimum absolute atomic E-state index is 0.0219. The van der Waals surface area contributed by atoms with Crippen LogP contribution in [0.25, 0.3) is 0 Å². The molecule has 2 atom stereocenters. The molecular weight excluding hydrogens is 699 g/mol. The van der Waals surface area contributed by atoms with E-state index in [9.17, 15) is 33.6 Å². The number of fused-ring (bicyclic) bond motifs is 2. The normalized spacial score (nSPS) is 15.6. The van der Waals surface area contributed by atoms with Crippen LogP contribution in [0.15, 0.2) is 84.9 Å². The van der Waals surface area contributed by atoms with E-state index in [4.69, 9.17) is 23.2 Å². The van der Waals surface area contributed by atoms with Gasteiger partial charge in [-0.05, 0) is 72.5 Å². The smallest absolute Gasteiger partial charge is 0.193 e. The molecule has 2 aliphatic carbocycles. The third-order valence-electron chi connectivity index (χ3n) is 8.87. The van der Waals surface area contributed by atoms with Crippen LogP contribution >= 0.6 is 23.2 Å². The summed E-state index contributed by atoms with van der Waals surface area (Å²) in [6, 6.07) is 24.1. The van der Waals surface area contributed by atoms with Gasteiger partial charge in [0, 0.05) is 56.3 Å². The molecule has 4 aromatic rings. The summed E-state index contributed by atoms with van der Waals surface area (Å²) in [5, 5.41) is 1.68. The van der Waals surface area contributed by atoms with Crippen LogP contribution in [0, 0.1) is 11.8 Å². The fraction of sp³-hybridized carbons (Fsp3) is 0.279. The Hall–Kier alpha value is -4.85. The van der Waals surface area contributed by atoms with Crippen molar-refractivity contribution in [3.63, 3.8) is 0 Å². The molecule has 2 aliphatic rings. The van der Waals surface area contributed by atoms with E-state index in [0.717, 1.165) is 22.9 Å². The van der Waals surface area contributed by atoms with Crippen LogP contribution in [0.3, 0.4) is 0 Å². The summed E-state index contributed by atoms with van der Waals surface area (Å²) < 4.78 is 0. The maximum atomic E-state index is 13.0. The van der Waals surface area contributed by atoms with Gasteiger partial charge in [-0.25, -0.2) is 0 Å². The van der Waals surface area contributed by atoms with Crippen molar-refractivity contribution in [3.05, 3.63) is 139 Å². The fourth-order valence-corrected chi connectivity index (χ4v) is 6.62. The Morgan fingerprint density at radius 2 is 0.865 bits per heavy atom. The van der Waals surface area contributed by atoms with Gasteiger partial charge in [0.1, 0.15) is 11.8 Å². The van der Waals surface area contributed by atoms with Gasteiger partial charge in [0.15, 0.2) is 40.5 Å². The lowest BCUT2D eigenvalue weighted by Gasteiger charge is -2.05. The van der Waals surface area contributed by atoms with Crippen LogP contribution in [0.4, 0.5) is 0 Å². The molecule has 6 rings (SSSR count). The summed E-state index contributed by atoms with van der Waals surface area (Å²) in [5.41, 5.74) is 3.12. The highest BCUT2D eigenvalue weighted by Gasteiger charge is 2.44. The zero-order chi connectivity index (χ0) is 38.1. The number of aryl methyl sites for hydroxylation is 2. The molecule has 0 amide bonds. The molecule has 0 saturated carbocycles. The molecule has 0 fully saturated rings. The van der Waals surface area contributed by atoms with Crippen molar-refractivity contribution in [2.75, 3.05) is 0 Å². The average molecular weight is 740 g/mol. The fourth-order valence-electron chi connectivity index (χ4n) is 6.19. The van der Waals surface area contributed by atoms with Crippen molar-refractivity contribution in [1.82, 2.24) is 0 Å². The van der Waals surface area contributed by atoms with Gasteiger partial charge in [-0.1, -0.05) is 100 Å². The third-order valence-corrected chi connectivity index (χ3v) is 9.34. The first-order valence-electron chi connectivity index (χ1n) is 17.4. The topological polar surface area (TPSA) is 119 Å². The van der Waals surface area contributed by atoms with Gasteiger partial charge in [0.25, 0.3) is 0 Å². The van der Waals surface area contributed by atoms with E-state index >= 15 is 0 Å². The number of carbonyl (C=O) groups is 7. The van der Waals surface area contributed by atoms with E-state index in [1.54, 1.807) is 13.8 Å². The summed E-state index contributed by atoms with van der Waals surface area (Å²) in [6.45, 7) is 7.47. The standard InChI is InChI=1S/C25H18O7.2C9H11Cl/c1-3-17(26)19-22(29)13-7-5-11(9-15(13)24(19)31)21(28)12-6-8-14-16(10-12)25(32)20(23(14)30)18(27)4-2;2*1-2-4-8-5-3-6-9(10)7-8/h5-10,19-20H,3-4H2,1-2H3;2*3,5-7H,2,4H2,1H3. The highest BCUT2D eigenvalue weighted by atomic mass is 35.5. The van der Waals surface area contributed by atoms with E-state index in [-0.39, 0.29) is 46.2 Å². The van der Waals surface area contributed by atoms with E-state index < -0.39 is 52.3 Å². The highest BCUT2D eigenvalue weighted by molar-refractivity contribution is 6.37. The lowest BCUT2D eigenvalue weighted by molar-refractivity contribution is -0.120. The lowest BCUT2D eigenvalue weighted by atomic mass is 9.96. The average Bonchev–Trinajstić information content (AvgIpc) is 3.54. The molecule has 9 heteroatoms. The zero-order valence-corrected chi connectivity index (χ0v) is 31.1. The molecule has 4 aromatic carbocycles. The van der Waals surface area contributed by atoms with Crippen molar-refractivity contribution in [3.8, 4) is 0 Å². The Bertz CT molecular complexity index is 1920. The van der Waals surface area contributed by atoms with Crippen molar-refractivity contribution in [2.45, 2.75) is 66.2 Å². The minimum Gasteiger partial charge on any atom is -0.298 e. The summed E-state index contributed by atoms with van der Waals surface area (Å²) in [4.78, 5) is 87.2. The number of halogens is 2. The summed E-state index contributed by atoms with van der Waals surface area (Å²) >= 11 is 11.6. The molecule has 52 heavy (non-hydrogen) atoms. The van der Waals surface area contributed by atoms with E-state index in [1.165, 1.54) is 60.4 Å². The summed E-state index contributed by atoms with van der Waals surface area (Å²) in [5.74, 6) is -6.57. The second-order valence-corrected chi connectivity index (χ2v) is 13.4.